The van der Waals surface area contributed by atoms with Crippen molar-refractivity contribution in [3.05, 3.63) is 12.7 Å². The van der Waals surface area contributed by atoms with Gasteiger partial charge in [-0.25, -0.2) is 10.6 Å². The topological polar surface area (TPSA) is 153 Å². The summed E-state index contributed by atoms with van der Waals surface area (Å²) in [6.45, 7) is 7.26. The summed E-state index contributed by atoms with van der Waals surface area (Å²) in [6.07, 6.45) is 4.15. The van der Waals surface area contributed by atoms with Crippen molar-refractivity contribution < 1.29 is 33.4 Å². The van der Waals surface area contributed by atoms with E-state index in [1.807, 2.05) is 11.8 Å². The molecule has 0 saturated carbocycles. The fourth-order valence-corrected chi connectivity index (χ4v) is 6.75. The number of likely N-dealkylation sites (tertiary alicyclic amines) is 1. The van der Waals surface area contributed by atoms with E-state index in [0.717, 1.165) is 25.0 Å². The molecule has 6 atom stereocenters. The number of unbranched alkanes of at least 4 members (excludes halogenated alkanes) is 1. The number of imide groups is 1. The van der Waals surface area contributed by atoms with E-state index in [0.29, 0.717) is 38.0 Å². The lowest BCUT2D eigenvalue weighted by Crippen LogP contribution is -2.42. The first kappa shape index (κ1) is 30.4. The molecule has 3 fully saturated rings. The van der Waals surface area contributed by atoms with Crippen LogP contribution in [0, 0.1) is 11.8 Å². The number of hydrogen-bond donors (Lipinski definition) is 3. The van der Waals surface area contributed by atoms with Crippen molar-refractivity contribution in [2.75, 3.05) is 52.4 Å². The molecule has 0 aliphatic carbocycles. The highest BCUT2D eigenvalue weighted by molar-refractivity contribution is 8.00. The number of rotatable bonds is 17. The lowest BCUT2D eigenvalue weighted by atomic mass is 9.91. The predicted octanol–water partition coefficient (Wildman–Crippen LogP) is 0.270. The Morgan fingerprint density at radius 3 is 2.66 bits per heavy atom. The fraction of sp³-hybridized carbons (Fsp3) is 0.760. The molecule has 3 heterocycles. The van der Waals surface area contributed by atoms with Gasteiger partial charge in [-0.15, -0.1) is 6.58 Å². The minimum atomic E-state index is -0.559. The van der Waals surface area contributed by atoms with Crippen LogP contribution < -0.4 is 16.5 Å². The lowest BCUT2D eigenvalue weighted by molar-refractivity contribution is -0.141. The Kier molecular flexibility index (Phi) is 11.8. The van der Waals surface area contributed by atoms with Gasteiger partial charge in [-0.2, -0.15) is 11.8 Å². The number of methoxy groups -OCH3 is 1. The zero-order valence-corrected chi connectivity index (χ0v) is 23.1. The SMILES string of the molecule is C=CC(OC)C1C(=O)N(CCOCCOCCNC(=O)CCCC[C@@H]2SC[C@H]3[C@@H]2NC(=O)N3N)C(=O)C1C. The van der Waals surface area contributed by atoms with Crippen LogP contribution >= 0.6 is 11.8 Å². The maximum atomic E-state index is 12.6. The Morgan fingerprint density at radius 1 is 1.21 bits per heavy atom. The molecule has 3 aliphatic rings. The number of carbonyl (C=O) groups is 4. The van der Waals surface area contributed by atoms with E-state index in [-0.39, 0.29) is 49.0 Å². The Bertz CT molecular complexity index is 862. The molecule has 38 heavy (non-hydrogen) atoms. The molecule has 0 aromatic heterocycles. The van der Waals surface area contributed by atoms with E-state index in [4.69, 9.17) is 20.1 Å². The summed E-state index contributed by atoms with van der Waals surface area (Å²) in [6, 6.07) is -0.0469. The molecular formula is C25H41N5O7S. The lowest BCUT2D eigenvalue weighted by Gasteiger charge is -2.19. The summed E-state index contributed by atoms with van der Waals surface area (Å²) in [7, 11) is 1.49. The van der Waals surface area contributed by atoms with Crippen LogP contribution in [0.4, 0.5) is 4.79 Å². The molecule has 0 radical (unpaired) electrons. The minimum Gasteiger partial charge on any atom is -0.377 e. The van der Waals surface area contributed by atoms with Crippen LogP contribution in [-0.4, -0.2) is 109 Å². The molecule has 5 amide bonds. The maximum absolute atomic E-state index is 12.6. The molecule has 214 valence electrons. The van der Waals surface area contributed by atoms with Gasteiger partial charge in [0.05, 0.1) is 63.0 Å². The first-order valence-electron chi connectivity index (χ1n) is 13.2. The Labute approximate surface area is 228 Å². The molecule has 3 saturated heterocycles. The average Bonchev–Trinajstić information content (AvgIpc) is 3.49. The molecule has 4 N–H and O–H groups in total. The number of nitrogens with zero attached hydrogens (tertiary/aromatic N) is 2. The van der Waals surface area contributed by atoms with Crippen LogP contribution in [0.5, 0.6) is 0 Å². The number of hydrazine groups is 1. The van der Waals surface area contributed by atoms with Crippen molar-refractivity contribution in [3.8, 4) is 0 Å². The van der Waals surface area contributed by atoms with Crippen LogP contribution in [0.25, 0.3) is 0 Å². The first-order valence-corrected chi connectivity index (χ1v) is 14.2. The number of fused-ring (bicyclic) bond motifs is 1. The van der Waals surface area contributed by atoms with E-state index >= 15 is 0 Å². The molecule has 12 nitrogen and oxygen atoms in total. The third kappa shape index (κ3) is 7.47. The third-order valence-electron chi connectivity index (χ3n) is 7.32. The van der Waals surface area contributed by atoms with Crippen molar-refractivity contribution in [1.29, 1.82) is 0 Å². The molecule has 3 rings (SSSR count). The molecule has 0 aromatic rings. The van der Waals surface area contributed by atoms with Crippen LogP contribution in [0.2, 0.25) is 0 Å². The van der Waals surface area contributed by atoms with Crippen molar-refractivity contribution in [1.82, 2.24) is 20.5 Å². The van der Waals surface area contributed by atoms with Crippen molar-refractivity contribution in [2.45, 2.75) is 56.0 Å². The first-order chi connectivity index (χ1) is 18.3. The molecule has 3 unspecified atom stereocenters. The Balaban J connectivity index is 1.16. The highest BCUT2D eigenvalue weighted by Crippen LogP contribution is 2.35. The van der Waals surface area contributed by atoms with Gasteiger partial charge in [-0.3, -0.25) is 24.3 Å². The van der Waals surface area contributed by atoms with E-state index < -0.39 is 17.9 Å². The molecular weight excluding hydrogens is 514 g/mol. The molecule has 13 heteroatoms. The minimum absolute atomic E-state index is 0.0104. The van der Waals surface area contributed by atoms with E-state index in [1.54, 1.807) is 13.0 Å². The summed E-state index contributed by atoms with van der Waals surface area (Å²) in [5, 5.41) is 7.44. The van der Waals surface area contributed by atoms with Crippen LogP contribution in [0.15, 0.2) is 12.7 Å². The quantitative estimate of drug-likeness (QED) is 0.0573. The number of thioether (sulfide) groups is 1. The monoisotopic (exact) mass is 555 g/mol. The Morgan fingerprint density at radius 2 is 1.95 bits per heavy atom. The molecule has 0 aromatic carbocycles. The van der Waals surface area contributed by atoms with Crippen molar-refractivity contribution >= 4 is 35.5 Å². The molecule has 0 spiro atoms. The summed E-state index contributed by atoms with van der Waals surface area (Å²) >= 11 is 1.83. The maximum Gasteiger partial charge on any atom is 0.332 e. The number of hydrogen-bond acceptors (Lipinski definition) is 9. The normalized spacial score (nSPS) is 27.6. The predicted molar refractivity (Wildman–Crippen MR) is 142 cm³/mol. The number of nitrogens with two attached hydrogens (primary N) is 1. The fourth-order valence-electron chi connectivity index (χ4n) is 5.15. The van der Waals surface area contributed by atoms with Gasteiger partial charge in [0, 0.05) is 31.1 Å². The average molecular weight is 556 g/mol. The van der Waals surface area contributed by atoms with Crippen LogP contribution in [-0.2, 0) is 28.6 Å². The van der Waals surface area contributed by atoms with Crippen LogP contribution in [0.1, 0.15) is 32.6 Å². The summed E-state index contributed by atoms with van der Waals surface area (Å²) in [5.41, 5.74) is 0. The zero-order chi connectivity index (χ0) is 27.7. The van der Waals surface area contributed by atoms with Gasteiger partial charge >= 0.3 is 6.03 Å². The summed E-state index contributed by atoms with van der Waals surface area (Å²) in [4.78, 5) is 50.0. The van der Waals surface area contributed by atoms with Gasteiger partial charge in [0.25, 0.3) is 0 Å². The second-order valence-corrected chi connectivity index (χ2v) is 11.0. The van der Waals surface area contributed by atoms with E-state index in [9.17, 15) is 19.2 Å². The second kappa shape index (κ2) is 14.8. The number of nitrogens with one attached hydrogen (secondary N) is 2. The van der Waals surface area contributed by atoms with Crippen molar-refractivity contribution in [2.24, 2.45) is 17.7 Å². The standard InChI is InChI=1S/C25H41N5O7S/c1-4-18(35-3)21-16(2)23(32)29(24(21)33)10-12-37-14-13-36-11-9-27-20(31)8-6-5-7-19-22-17(15-38-19)30(26)25(34)28-22/h4,16-19,21-22H,1,5-15,26H2,2-3H3,(H,27,31)(H,28,34)/t16?,17-,18?,19-,21?,22-/m0/s1. The van der Waals surface area contributed by atoms with Gasteiger partial charge in [-0.05, 0) is 12.8 Å². The smallest absolute Gasteiger partial charge is 0.332 e. The molecule has 3 aliphatic heterocycles. The summed E-state index contributed by atoms with van der Waals surface area (Å²) < 4.78 is 16.3. The largest absolute Gasteiger partial charge is 0.377 e. The number of urea groups is 1. The number of amides is 5. The van der Waals surface area contributed by atoms with E-state index in [2.05, 4.69) is 17.2 Å². The third-order valence-corrected chi connectivity index (χ3v) is 8.82. The van der Waals surface area contributed by atoms with Gasteiger partial charge in [0.2, 0.25) is 17.7 Å². The summed E-state index contributed by atoms with van der Waals surface area (Å²) in [5.74, 6) is 5.11. The van der Waals surface area contributed by atoms with Gasteiger partial charge < -0.3 is 24.8 Å². The van der Waals surface area contributed by atoms with Gasteiger partial charge in [-0.1, -0.05) is 19.4 Å². The number of carbonyl (C=O) groups excluding carboxylic acids is 4. The van der Waals surface area contributed by atoms with Crippen LogP contribution in [0.3, 0.4) is 0 Å². The highest BCUT2D eigenvalue weighted by atomic mass is 32.2. The second-order valence-electron chi connectivity index (χ2n) is 9.72. The molecule has 0 bridgehead atoms. The van der Waals surface area contributed by atoms with Gasteiger partial charge in [0.1, 0.15) is 0 Å². The van der Waals surface area contributed by atoms with E-state index in [1.165, 1.54) is 17.0 Å². The zero-order valence-electron chi connectivity index (χ0n) is 22.3. The van der Waals surface area contributed by atoms with Crippen molar-refractivity contribution in [3.63, 3.8) is 0 Å². The van der Waals surface area contributed by atoms with Gasteiger partial charge in [0.15, 0.2) is 0 Å². The Hall–Kier alpha value is -2.19. The number of ether oxygens (including phenoxy) is 3. The highest BCUT2D eigenvalue weighted by Gasteiger charge is 2.48.